The Hall–Kier alpha value is -2.01. The molecule has 1 aromatic carbocycles. The molecule has 2 aromatic rings. The summed E-state index contributed by atoms with van der Waals surface area (Å²) in [6.07, 6.45) is 3.19. The smallest absolute Gasteiger partial charge is 0.303 e. The molecule has 0 aliphatic rings. The summed E-state index contributed by atoms with van der Waals surface area (Å²) in [7, 11) is 0. The second-order valence-electron chi connectivity index (χ2n) is 5.16. The lowest BCUT2D eigenvalue weighted by atomic mass is 10.1. The van der Waals surface area contributed by atoms with E-state index in [4.69, 9.17) is 10.8 Å². The zero-order chi connectivity index (χ0) is 15.2. The van der Waals surface area contributed by atoms with Gasteiger partial charge < -0.3 is 10.8 Å². The number of carboxylic acids is 1. The summed E-state index contributed by atoms with van der Waals surface area (Å²) in [4.78, 5) is 19.7. The summed E-state index contributed by atoms with van der Waals surface area (Å²) < 4.78 is 0. The molecule has 2 rings (SSSR count). The highest BCUT2D eigenvalue weighted by molar-refractivity contribution is 5.80. The van der Waals surface area contributed by atoms with Crippen molar-refractivity contribution >= 4 is 16.9 Å². The largest absolute Gasteiger partial charge is 0.481 e. The van der Waals surface area contributed by atoms with E-state index in [9.17, 15) is 4.79 Å². The van der Waals surface area contributed by atoms with Crippen LogP contribution in [0.4, 0.5) is 0 Å². The number of para-hydroxylation sites is 1. The van der Waals surface area contributed by atoms with Gasteiger partial charge in [-0.3, -0.25) is 4.79 Å². The minimum Gasteiger partial charge on any atom is -0.481 e. The molecule has 21 heavy (non-hydrogen) atoms. The molecule has 112 valence electrons. The van der Waals surface area contributed by atoms with Crippen molar-refractivity contribution < 1.29 is 9.90 Å². The quantitative estimate of drug-likeness (QED) is 0.764. The molecule has 1 aromatic heterocycles. The molecule has 1 atom stereocenters. The van der Waals surface area contributed by atoms with Crippen molar-refractivity contribution in [2.75, 3.05) is 0 Å². The van der Waals surface area contributed by atoms with Gasteiger partial charge in [-0.05, 0) is 31.7 Å². The summed E-state index contributed by atoms with van der Waals surface area (Å²) in [5.74, 6) is -0.0827. The van der Waals surface area contributed by atoms with Crippen LogP contribution in [-0.4, -0.2) is 21.0 Å². The minimum atomic E-state index is -0.753. The van der Waals surface area contributed by atoms with E-state index >= 15 is 0 Å². The van der Waals surface area contributed by atoms with Crippen molar-refractivity contribution in [3.8, 4) is 0 Å². The van der Waals surface area contributed by atoms with E-state index in [0.29, 0.717) is 12.2 Å². The predicted octanol–water partition coefficient (Wildman–Crippen LogP) is 2.84. The van der Waals surface area contributed by atoms with Gasteiger partial charge >= 0.3 is 5.97 Å². The molecule has 1 heterocycles. The third kappa shape index (κ3) is 3.98. The van der Waals surface area contributed by atoms with Crippen LogP contribution in [0, 0.1) is 0 Å². The lowest BCUT2D eigenvalue weighted by Gasteiger charge is -2.12. The highest BCUT2D eigenvalue weighted by atomic mass is 16.4. The molecule has 3 N–H and O–H groups in total. The number of unbranched alkanes of at least 4 members (excludes halogenated alkanes) is 1. The normalized spacial score (nSPS) is 12.5. The first-order valence-electron chi connectivity index (χ1n) is 7.34. The molecule has 0 aliphatic heterocycles. The zero-order valence-electron chi connectivity index (χ0n) is 12.2. The van der Waals surface area contributed by atoms with Gasteiger partial charge in [0.25, 0.3) is 0 Å². The number of nitrogens with zero attached hydrogens (tertiary/aromatic N) is 2. The maximum Gasteiger partial charge on any atom is 0.303 e. The third-order valence-corrected chi connectivity index (χ3v) is 3.53. The average Bonchev–Trinajstić information content (AvgIpc) is 2.50. The molecule has 0 bridgehead atoms. The number of aryl methyl sites for hydroxylation is 1. The van der Waals surface area contributed by atoms with E-state index in [-0.39, 0.29) is 12.5 Å². The van der Waals surface area contributed by atoms with Gasteiger partial charge in [0.05, 0.1) is 17.3 Å². The topological polar surface area (TPSA) is 89.1 Å². The Bertz CT molecular complexity index is 628. The van der Waals surface area contributed by atoms with Gasteiger partial charge in [0.2, 0.25) is 0 Å². The number of carboxylic acid groups (broad SMARTS) is 1. The van der Waals surface area contributed by atoms with Gasteiger partial charge in [-0.25, -0.2) is 9.97 Å². The number of hydrogen-bond acceptors (Lipinski definition) is 4. The molecule has 0 radical (unpaired) electrons. The number of rotatable bonds is 7. The summed E-state index contributed by atoms with van der Waals surface area (Å²) in [5.41, 5.74) is 7.91. The van der Waals surface area contributed by atoms with Crippen molar-refractivity contribution in [3.63, 3.8) is 0 Å². The first-order valence-corrected chi connectivity index (χ1v) is 7.34. The van der Waals surface area contributed by atoms with Crippen molar-refractivity contribution in [2.24, 2.45) is 5.73 Å². The number of benzene rings is 1. The van der Waals surface area contributed by atoms with Crippen LogP contribution in [0.5, 0.6) is 0 Å². The molecule has 0 aliphatic carbocycles. The number of nitrogens with two attached hydrogens (primary N) is 1. The highest BCUT2D eigenvalue weighted by Crippen LogP contribution is 2.20. The second kappa shape index (κ2) is 7.13. The molecule has 5 nitrogen and oxygen atoms in total. The van der Waals surface area contributed by atoms with Crippen LogP contribution < -0.4 is 5.73 Å². The fraction of sp³-hybridized carbons (Fsp3) is 0.438. The molecule has 0 spiro atoms. The van der Waals surface area contributed by atoms with Gasteiger partial charge in [-0.15, -0.1) is 0 Å². The number of aliphatic carboxylic acids is 1. The summed E-state index contributed by atoms with van der Waals surface area (Å²) in [6.45, 7) is 2.01. The van der Waals surface area contributed by atoms with Crippen molar-refractivity contribution in [3.05, 3.63) is 35.8 Å². The molecule has 5 heteroatoms. The molecule has 0 saturated heterocycles. The van der Waals surface area contributed by atoms with Crippen molar-refractivity contribution in [1.29, 1.82) is 0 Å². The Morgan fingerprint density at radius 2 is 2.05 bits per heavy atom. The summed E-state index contributed by atoms with van der Waals surface area (Å²) in [5, 5.41) is 9.72. The lowest BCUT2D eigenvalue weighted by molar-refractivity contribution is -0.137. The van der Waals surface area contributed by atoms with Gasteiger partial charge in [0.15, 0.2) is 0 Å². The maximum atomic E-state index is 10.6. The number of carbonyl (C=O) groups is 1. The van der Waals surface area contributed by atoms with Crippen LogP contribution in [0.25, 0.3) is 10.9 Å². The molecule has 0 unspecified atom stereocenters. The van der Waals surface area contributed by atoms with Crippen molar-refractivity contribution in [2.45, 2.75) is 45.1 Å². The molecular weight excluding hydrogens is 266 g/mol. The SMILES string of the molecule is CC[C@H](N)c1nc(CCCCC(=O)O)c2ccccc2n1. The zero-order valence-corrected chi connectivity index (χ0v) is 12.2. The Morgan fingerprint density at radius 1 is 1.29 bits per heavy atom. The van der Waals surface area contributed by atoms with E-state index in [1.165, 1.54) is 0 Å². The molecular formula is C16H21N3O2. The lowest BCUT2D eigenvalue weighted by Crippen LogP contribution is -2.14. The van der Waals surface area contributed by atoms with E-state index < -0.39 is 5.97 Å². The molecule has 0 amide bonds. The number of aromatic nitrogens is 2. The monoisotopic (exact) mass is 287 g/mol. The second-order valence-corrected chi connectivity index (χ2v) is 5.16. The van der Waals surface area contributed by atoms with Gasteiger partial charge in [-0.1, -0.05) is 25.1 Å². The van der Waals surface area contributed by atoms with Crippen LogP contribution in [0.3, 0.4) is 0 Å². The van der Waals surface area contributed by atoms with Crippen LogP contribution in [-0.2, 0) is 11.2 Å². The van der Waals surface area contributed by atoms with E-state index in [0.717, 1.165) is 35.9 Å². The van der Waals surface area contributed by atoms with Crippen LogP contribution in [0.1, 0.15) is 50.2 Å². The maximum absolute atomic E-state index is 10.6. The van der Waals surface area contributed by atoms with Crippen LogP contribution in [0.15, 0.2) is 24.3 Å². The first-order chi connectivity index (χ1) is 10.1. The fourth-order valence-electron chi connectivity index (χ4n) is 2.27. The van der Waals surface area contributed by atoms with Crippen molar-refractivity contribution in [1.82, 2.24) is 9.97 Å². The Balaban J connectivity index is 2.24. The first kappa shape index (κ1) is 15.4. The van der Waals surface area contributed by atoms with Gasteiger partial charge in [0.1, 0.15) is 5.82 Å². The Kier molecular flexibility index (Phi) is 5.22. The Morgan fingerprint density at radius 3 is 2.76 bits per heavy atom. The molecule has 0 fully saturated rings. The van der Waals surface area contributed by atoms with Gasteiger partial charge in [0, 0.05) is 11.8 Å². The number of fused-ring (bicyclic) bond motifs is 1. The minimum absolute atomic E-state index is 0.160. The van der Waals surface area contributed by atoms with Crippen LogP contribution in [0.2, 0.25) is 0 Å². The summed E-state index contributed by atoms with van der Waals surface area (Å²) in [6, 6.07) is 7.72. The summed E-state index contributed by atoms with van der Waals surface area (Å²) >= 11 is 0. The van der Waals surface area contributed by atoms with Gasteiger partial charge in [-0.2, -0.15) is 0 Å². The van der Waals surface area contributed by atoms with E-state index in [1.54, 1.807) is 0 Å². The average molecular weight is 287 g/mol. The van der Waals surface area contributed by atoms with Crippen LogP contribution >= 0.6 is 0 Å². The predicted molar refractivity (Wildman–Crippen MR) is 81.9 cm³/mol. The third-order valence-electron chi connectivity index (χ3n) is 3.53. The van der Waals surface area contributed by atoms with E-state index in [1.807, 2.05) is 31.2 Å². The fourth-order valence-corrected chi connectivity index (χ4v) is 2.27. The highest BCUT2D eigenvalue weighted by Gasteiger charge is 2.12. The standard InChI is InChI=1S/C16H21N3O2/c1-2-12(17)16-18-13-8-4-3-7-11(13)14(19-16)9-5-6-10-15(20)21/h3-4,7-8,12H,2,5-6,9-10,17H2,1H3,(H,20,21)/t12-/m0/s1. The Labute approximate surface area is 124 Å². The number of hydrogen-bond donors (Lipinski definition) is 2. The molecule has 0 saturated carbocycles. The van der Waals surface area contributed by atoms with E-state index in [2.05, 4.69) is 9.97 Å².